The smallest absolute Gasteiger partial charge is 0.0991 e. The van der Waals surface area contributed by atoms with Gasteiger partial charge in [0.2, 0.25) is 0 Å². The molecule has 0 aromatic heterocycles. The zero-order valence-electron chi connectivity index (χ0n) is 9.00. The second kappa shape index (κ2) is 7.44. The summed E-state index contributed by atoms with van der Waals surface area (Å²) >= 11 is 0. The van der Waals surface area contributed by atoms with Gasteiger partial charge in [0, 0.05) is 0 Å². The molecule has 3 heteroatoms. The van der Waals surface area contributed by atoms with Gasteiger partial charge >= 0.3 is 0 Å². The van der Waals surface area contributed by atoms with Crippen molar-refractivity contribution in [1.29, 1.82) is 0 Å². The summed E-state index contributed by atoms with van der Waals surface area (Å²) in [4.78, 5) is 1.93. The maximum Gasteiger partial charge on any atom is 0.0991 e. The maximum atomic E-state index is 9.04. The summed E-state index contributed by atoms with van der Waals surface area (Å²) in [6.07, 6.45) is 3.39. The Hall–Kier alpha value is -0.960. The largest absolute Gasteiger partial charge is 0.512 e. The quantitative estimate of drug-likeness (QED) is 0.466. The first-order valence-electron chi connectivity index (χ1n) is 5.02. The van der Waals surface area contributed by atoms with Crippen molar-refractivity contribution in [2.45, 2.75) is 26.2 Å². The van der Waals surface area contributed by atoms with Gasteiger partial charge < -0.3 is 10.2 Å². The molecule has 14 heavy (non-hydrogen) atoms. The molecular formula is C11H21NO2. The molecule has 0 aromatic rings. The molecule has 0 saturated carbocycles. The van der Waals surface area contributed by atoms with Gasteiger partial charge in [-0.05, 0) is 13.0 Å². The highest BCUT2D eigenvalue weighted by Crippen LogP contribution is 2.02. The monoisotopic (exact) mass is 199 g/mol. The minimum atomic E-state index is 0.128. The lowest BCUT2D eigenvalue weighted by molar-refractivity contribution is 0.231. The van der Waals surface area contributed by atoms with E-state index in [4.69, 9.17) is 10.2 Å². The molecule has 0 saturated heterocycles. The van der Waals surface area contributed by atoms with Crippen LogP contribution in [-0.4, -0.2) is 34.7 Å². The van der Waals surface area contributed by atoms with Crippen LogP contribution in [0.2, 0.25) is 0 Å². The molecule has 0 aliphatic carbocycles. The van der Waals surface area contributed by atoms with Crippen LogP contribution in [0.4, 0.5) is 0 Å². The van der Waals surface area contributed by atoms with Crippen LogP contribution in [0.15, 0.2) is 24.7 Å². The van der Waals surface area contributed by atoms with E-state index in [2.05, 4.69) is 20.1 Å². The molecule has 0 spiro atoms. The molecule has 0 radical (unpaired) electrons. The molecule has 0 amide bonds. The number of aliphatic hydroxyl groups excluding tert-OH is 2. The average Bonchev–Trinajstić information content (AvgIpc) is 2.02. The van der Waals surface area contributed by atoms with Crippen molar-refractivity contribution in [2.24, 2.45) is 0 Å². The lowest BCUT2D eigenvalue weighted by atomic mass is 10.2. The zero-order chi connectivity index (χ0) is 11.0. The van der Waals surface area contributed by atoms with E-state index in [0.717, 1.165) is 25.8 Å². The third kappa shape index (κ3) is 7.68. The molecule has 2 N–H and O–H groups in total. The van der Waals surface area contributed by atoms with Crippen molar-refractivity contribution in [3.8, 4) is 0 Å². The summed E-state index contributed by atoms with van der Waals surface area (Å²) < 4.78 is 0. The first-order valence-corrected chi connectivity index (χ1v) is 5.02. The summed E-state index contributed by atoms with van der Waals surface area (Å²) in [6, 6.07) is 0. The van der Waals surface area contributed by atoms with E-state index in [1.54, 1.807) is 0 Å². The van der Waals surface area contributed by atoms with E-state index in [9.17, 15) is 0 Å². The standard InChI is InChI=1S/C11H21NO2/c1-4-5-6-7-12(8-10(2)13)9-11(3)14/h13-14H,2-9H2,1H3. The van der Waals surface area contributed by atoms with Gasteiger partial charge in [-0.3, -0.25) is 4.90 Å². The van der Waals surface area contributed by atoms with Gasteiger partial charge in [0.1, 0.15) is 0 Å². The number of unbranched alkanes of at least 4 members (excludes halogenated alkanes) is 2. The van der Waals surface area contributed by atoms with Crippen molar-refractivity contribution < 1.29 is 10.2 Å². The fraction of sp³-hybridized carbons (Fsp3) is 0.636. The van der Waals surface area contributed by atoms with Gasteiger partial charge in [0.05, 0.1) is 24.6 Å². The number of hydrogen-bond donors (Lipinski definition) is 2. The predicted octanol–water partition coefficient (Wildman–Crippen LogP) is 2.62. The second-order valence-electron chi connectivity index (χ2n) is 3.55. The van der Waals surface area contributed by atoms with E-state index in [0.29, 0.717) is 13.1 Å². The van der Waals surface area contributed by atoms with Gasteiger partial charge in [-0.15, -0.1) is 0 Å². The molecule has 0 fully saturated rings. The van der Waals surface area contributed by atoms with Gasteiger partial charge in [-0.25, -0.2) is 0 Å². The summed E-state index contributed by atoms with van der Waals surface area (Å²) in [5, 5.41) is 18.1. The van der Waals surface area contributed by atoms with E-state index in [1.165, 1.54) is 0 Å². The second-order valence-corrected chi connectivity index (χ2v) is 3.55. The van der Waals surface area contributed by atoms with Crippen LogP contribution in [0, 0.1) is 0 Å². The molecule has 0 heterocycles. The maximum absolute atomic E-state index is 9.04. The fourth-order valence-electron chi connectivity index (χ4n) is 1.32. The first-order chi connectivity index (χ1) is 6.56. The van der Waals surface area contributed by atoms with Crippen molar-refractivity contribution in [3.63, 3.8) is 0 Å². The third-order valence-electron chi connectivity index (χ3n) is 1.89. The average molecular weight is 199 g/mol. The molecule has 0 rings (SSSR count). The van der Waals surface area contributed by atoms with Crippen LogP contribution in [0.25, 0.3) is 0 Å². The molecule has 82 valence electrons. The molecule has 0 aromatic carbocycles. The van der Waals surface area contributed by atoms with E-state index < -0.39 is 0 Å². The Morgan fingerprint density at radius 1 is 1.07 bits per heavy atom. The Morgan fingerprint density at radius 3 is 1.93 bits per heavy atom. The highest BCUT2D eigenvalue weighted by atomic mass is 16.3. The number of nitrogens with zero attached hydrogens (tertiary/aromatic N) is 1. The highest BCUT2D eigenvalue weighted by molar-refractivity contribution is 4.89. The van der Waals surface area contributed by atoms with E-state index in [-0.39, 0.29) is 11.5 Å². The number of hydrogen-bond acceptors (Lipinski definition) is 3. The molecule has 0 unspecified atom stereocenters. The first kappa shape index (κ1) is 13.0. The van der Waals surface area contributed by atoms with Crippen LogP contribution in [0.5, 0.6) is 0 Å². The topological polar surface area (TPSA) is 43.7 Å². The highest BCUT2D eigenvalue weighted by Gasteiger charge is 2.06. The van der Waals surface area contributed by atoms with Crippen molar-refractivity contribution in [2.75, 3.05) is 19.6 Å². The summed E-state index contributed by atoms with van der Waals surface area (Å²) in [6.45, 7) is 10.7. The van der Waals surface area contributed by atoms with Crippen LogP contribution in [0.3, 0.4) is 0 Å². The van der Waals surface area contributed by atoms with Crippen molar-refractivity contribution in [3.05, 3.63) is 24.7 Å². The lowest BCUT2D eigenvalue weighted by Gasteiger charge is -2.20. The van der Waals surface area contributed by atoms with Gasteiger partial charge in [-0.2, -0.15) is 0 Å². The fourth-order valence-corrected chi connectivity index (χ4v) is 1.32. The number of aliphatic hydroxyl groups is 2. The molecule has 0 atom stereocenters. The van der Waals surface area contributed by atoms with Crippen LogP contribution >= 0.6 is 0 Å². The number of rotatable bonds is 8. The third-order valence-corrected chi connectivity index (χ3v) is 1.89. The van der Waals surface area contributed by atoms with Gasteiger partial charge in [0.25, 0.3) is 0 Å². The Kier molecular flexibility index (Phi) is 6.93. The SMILES string of the molecule is C=C(O)CN(CCCCC)CC(=C)O. The summed E-state index contributed by atoms with van der Waals surface area (Å²) in [5.74, 6) is 0.255. The van der Waals surface area contributed by atoms with Crippen molar-refractivity contribution in [1.82, 2.24) is 4.90 Å². The van der Waals surface area contributed by atoms with Crippen LogP contribution in [0.1, 0.15) is 26.2 Å². The van der Waals surface area contributed by atoms with Gasteiger partial charge in [-0.1, -0.05) is 32.9 Å². The molecule has 3 nitrogen and oxygen atoms in total. The Balaban J connectivity index is 3.84. The van der Waals surface area contributed by atoms with Crippen LogP contribution < -0.4 is 0 Å². The summed E-state index contributed by atoms with van der Waals surface area (Å²) in [5.41, 5.74) is 0. The molecule has 0 aliphatic rings. The predicted molar refractivity (Wildman–Crippen MR) is 59.5 cm³/mol. The van der Waals surface area contributed by atoms with Crippen molar-refractivity contribution >= 4 is 0 Å². The normalized spacial score (nSPS) is 10.4. The molecule has 0 aliphatic heterocycles. The Morgan fingerprint density at radius 2 is 1.57 bits per heavy atom. The zero-order valence-corrected chi connectivity index (χ0v) is 9.00. The van der Waals surface area contributed by atoms with E-state index in [1.807, 2.05) is 4.90 Å². The molecule has 0 bridgehead atoms. The van der Waals surface area contributed by atoms with E-state index >= 15 is 0 Å². The lowest BCUT2D eigenvalue weighted by Crippen LogP contribution is -2.29. The Labute approximate surface area is 86.4 Å². The minimum Gasteiger partial charge on any atom is -0.512 e. The van der Waals surface area contributed by atoms with Crippen LogP contribution in [-0.2, 0) is 0 Å². The van der Waals surface area contributed by atoms with Gasteiger partial charge in [0.15, 0.2) is 0 Å². The Bertz CT molecular complexity index is 174. The summed E-state index contributed by atoms with van der Waals surface area (Å²) in [7, 11) is 0. The minimum absolute atomic E-state index is 0.128. The molecular weight excluding hydrogens is 178 g/mol.